The molecule has 0 radical (unpaired) electrons. The van der Waals surface area contributed by atoms with Gasteiger partial charge in [-0.3, -0.25) is 19.5 Å². The first kappa shape index (κ1) is 36.7. The van der Waals surface area contributed by atoms with E-state index in [0.717, 1.165) is 19.2 Å². The van der Waals surface area contributed by atoms with Crippen LogP contribution in [-0.2, 0) is 26.9 Å². The Bertz CT molecular complexity index is 1880. The van der Waals surface area contributed by atoms with E-state index in [1.165, 1.54) is 19.2 Å². The van der Waals surface area contributed by atoms with Gasteiger partial charge in [-0.05, 0) is 60.9 Å². The Balaban J connectivity index is 1.06. The molecule has 3 heterocycles. The number of nitrogens with one attached hydrogen (secondary N) is 2. The van der Waals surface area contributed by atoms with Crippen LogP contribution in [0.15, 0.2) is 66.9 Å². The first-order valence-corrected chi connectivity index (χ1v) is 17.2. The standard InChI is InChI=1S/C38H42F3N5O6/c1-49-34-23-29-31(24-35(34)50-2)42-12-8-33(29)52-28-5-3-4-25(20-28)21-37(48)44-27-6-7-32(30(22-27)38(39,40)41)46-14-9-26(10-15-46)43-36(47)11-13-45-16-18-51-19-17-45/h3-8,12,20,22-24,26H,9-11,13-19,21H2,1-2H3,(H,43,47)(H,44,48). The van der Waals surface area contributed by atoms with Gasteiger partial charge in [-0.25, -0.2) is 0 Å². The van der Waals surface area contributed by atoms with Gasteiger partial charge in [0.2, 0.25) is 11.8 Å². The number of anilines is 2. The normalized spacial score (nSPS) is 15.7. The number of methoxy groups -OCH3 is 2. The van der Waals surface area contributed by atoms with Crippen molar-refractivity contribution < 1.29 is 41.7 Å². The molecule has 0 spiro atoms. The summed E-state index contributed by atoms with van der Waals surface area (Å²) >= 11 is 0. The highest BCUT2D eigenvalue weighted by Crippen LogP contribution is 2.40. The summed E-state index contributed by atoms with van der Waals surface area (Å²) in [6.45, 7) is 4.31. The third kappa shape index (κ3) is 9.22. The fraction of sp³-hybridized carbons (Fsp3) is 0.395. The Hall–Kier alpha value is -5.08. The van der Waals surface area contributed by atoms with Gasteiger partial charge in [0.25, 0.3) is 0 Å². The minimum Gasteiger partial charge on any atom is -0.493 e. The van der Waals surface area contributed by atoms with Crippen LogP contribution in [0.25, 0.3) is 10.9 Å². The molecule has 2 amide bonds. The van der Waals surface area contributed by atoms with Crippen molar-refractivity contribution in [3.8, 4) is 23.0 Å². The number of halogens is 3. The maximum absolute atomic E-state index is 14.3. The maximum atomic E-state index is 14.3. The molecular formula is C38H42F3N5O6. The number of fused-ring (bicyclic) bond motifs is 1. The summed E-state index contributed by atoms with van der Waals surface area (Å²) in [5.74, 6) is 1.50. The smallest absolute Gasteiger partial charge is 0.418 e. The first-order valence-electron chi connectivity index (χ1n) is 17.2. The molecule has 0 saturated carbocycles. The number of aromatic nitrogens is 1. The zero-order valence-electron chi connectivity index (χ0n) is 29.1. The summed E-state index contributed by atoms with van der Waals surface area (Å²) in [4.78, 5) is 33.8. The summed E-state index contributed by atoms with van der Waals surface area (Å²) < 4.78 is 65.3. The molecule has 4 aromatic rings. The van der Waals surface area contributed by atoms with Crippen molar-refractivity contribution in [2.24, 2.45) is 0 Å². The van der Waals surface area contributed by atoms with E-state index >= 15 is 0 Å². The number of alkyl halides is 3. The molecule has 0 atom stereocenters. The van der Waals surface area contributed by atoms with E-state index in [1.807, 2.05) is 0 Å². The number of hydrogen-bond donors (Lipinski definition) is 2. The van der Waals surface area contributed by atoms with Gasteiger partial charge in [-0.15, -0.1) is 0 Å². The molecule has 11 nitrogen and oxygen atoms in total. The lowest BCUT2D eigenvalue weighted by atomic mass is 10.0. The molecule has 276 valence electrons. The molecule has 2 N–H and O–H groups in total. The van der Waals surface area contributed by atoms with Crippen molar-refractivity contribution in [3.05, 3.63) is 78.0 Å². The number of benzene rings is 3. The molecule has 2 aliphatic rings. The first-order chi connectivity index (χ1) is 25.1. The Labute approximate surface area is 300 Å². The van der Waals surface area contributed by atoms with Gasteiger partial charge in [-0.1, -0.05) is 12.1 Å². The molecular weight excluding hydrogens is 679 g/mol. The number of morpholine rings is 1. The number of pyridine rings is 1. The number of rotatable bonds is 12. The van der Waals surface area contributed by atoms with E-state index in [4.69, 9.17) is 18.9 Å². The SMILES string of the molecule is COc1cc2nccc(Oc3cccc(CC(=O)Nc4ccc(N5CCC(NC(=O)CCN6CCOCC6)CC5)c(C(F)(F)F)c4)c3)c2cc1OC. The van der Waals surface area contributed by atoms with Crippen molar-refractivity contribution in [2.45, 2.75) is 37.9 Å². The summed E-state index contributed by atoms with van der Waals surface area (Å²) in [6, 6.07) is 15.9. The van der Waals surface area contributed by atoms with Gasteiger partial charge < -0.3 is 34.5 Å². The number of hydrogen-bond acceptors (Lipinski definition) is 9. The van der Waals surface area contributed by atoms with Crippen LogP contribution >= 0.6 is 0 Å². The van der Waals surface area contributed by atoms with E-state index in [9.17, 15) is 22.8 Å². The minimum atomic E-state index is -4.64. The van der Waals surface area contributed by atoms with Crippen molar-refractivity contribution in [1.82, 2.24) is 15.2 Å². The van der Waals surface area contributed by atoms with Gasteiger partial charge in [-0.2, -0.15) is 13.2 Å². The lowest BCUT2D eigenvalue weighted by molar-refractivity contribution is -0.137. The highest BCUT2D eigenvalue weighted by molar-refractivity contribution is 5.93. The van der Waals surface area contributed by atoms with Gasteiger partial charge >= 0.3 is 6.18 Å². The summed E-state index contributed by atoms with van der Waals surface area (Å²) in [5, 5.41) is 6.36. The second kappa shape index (κ2) is 16.5. The van der Waals surface area contributed by atoms with Crippen molar-refractivity contribution in [2.75, 3.05) is 70.4 Å². The van der Waals surface area contributed by atoms with Crippen molar-refractivity contribution >= 4 is 34.1 Å². The number of carbonyl (C=O) groups is 2. The molecule has 52 heavy (non-hydrogen) atoms. The number of piperidine rings is 1. The average Bonchev–Trinajstić information content (AvgIpc) is 3.14. The van der Waals surface area contributed by atoms with E-state index in [1.54, 1.807) is 60.7 Å². The van der Waals surface area contributed by atoms with Crippen LogP contribution < -0.4 is 29.7 Å². The molecule has 6 rings (SSSR count). The van der Waals surface area contributed by atoms with Crippen molar-refractivity contribution in [3.63, 3.8) is 0 Å². The van der Waals surface area contributed by atoms with E-state index in [0.29, 0.717) is 91.6 Å². The monoisotopic (exact) mass is 721 g/mol. The van der Waals surface area contributed by atoms with E-state index in [-0.39, 0.29) is 29.7 Å². The van der Waals surface area contributed by atoms with Gasteiger partial charge in [0.1, 0.15) is 11.5 Å². The third-order valence-corrected chi connectivity index (χ3v) is 9.24. The van der Waals surface area contributed by atoms with E-state index < -0.39 is 17.6 Å². The predicted molar refractivity (Wildman–Crippen MR) is 190 cm³/mol. The largest absolute Gasteiger partial charge is 0.493 e. The minimum absolute atomic E-state index is 0.0449. The fourth-order valence-corrected chi connectivity index (χ4v) is 6.54. The van der Waals surface area contributed by atoms with Crippen LogP contribution in [0.3, 0.4) is 0 Å². The molecule has 1 aromatic heterocycles. The van der Waals surface area contributed by atoms with Crippen LogP contribution in [-0.4, -0.2) is 87.9 Å². The Morgan fingerprint density at radius 1 is 0.904 bits per heavy atom. The average molecular weight is 722 g/mol. The second-order valence-electron chi connectivity index (χ2n) is 12.8. The predicted octanol–water partition coefficient (Wildman–Crippen LogP) is 6.05. The summed E-state index contributed by atoms with van der Waals surface area (Å²) in [7, 11) is 3.08. The number of nitrogens with zero attached hydrogens (tertiary/aromatic N) is 3. The fourth-order valence-electron chi connectivity index (χ4n) is 6.54. The molecule has 2 saturated heterocycles. The molecule has 2 fully saturated rings. The summed E-state index contributed by atoms with van der Waals surface area (Å²) in [5.41, 5.74) is 0.512. The highest BCUT2D eigenvalue weighted by atomic mass is 19.4. The highest BCUT2D eigenvalue weighted by Gasteiger charge is 2.36. The lowest BCUT2D eigenvalue weighted by Gasteiger charge is -2.35. The molecule has 0 bridgehead atoms. The number of ether oxygens (including phenoxy) is 4. The molecule has 2 aliphatic heterocycles. The molecule has 14 heteroatoms. The summed E-state index contributed by atoms with van der Waals surface area (Å²) in [6.07, 6.45) is -1.68. The van der Waals surface area contributed by atoms with Gasteiger partial charge in [0.05, 0.1) is 44.9 Å². The maximum Gasteiger partial charge on any atom is 0.418 e. The Morgan fingerprint density at radius 3 is 2.38 bits per heavy atom. The zero-order valence-corrected chi connectivity index (χ0v) is 29.1. The van der Waals surface area contributed by atoms with Gasteiger partial charge in [0, 0.05) is 74.2 Å². The number of amides is 2. The second-order valence-corrected chi connectivity index (χ2v) is 12.8. The van der Waals surface area contributed by atoms with Crippen LogP contribution in [0.4, 0.5) is 24.5 Å². The number of carbonyl (C=O) groups excluding carboxylic acids is 2. The molecule has 0 unspecified atom stereocenters. The quantitative estimate of drug-likeness (QED) is 0.181. The van der Waals surface area contributed by atoms with Crippen LogP contribution in [0.1, 0.15) is 30.4 Å². The Kier molecular flexibility index (Phi) is 11.7. The lowest BCUT2D eigenvalue weighted by Crippen LogP contribution is -2.46. The zero-order chi connectivity index (χ0) is 36.7. The molecule has 3 aromatic carbocycles. The van der Waals surface area contributed by atoms with Crippen molar-refractivity contribution in [1.29, 1.82) is 0 Å². The molecule has 0 aliphatic carbocycles. The third-order valence-electron chi connectivity index (χ3n) is 9.24. The van der Waals surface area contributed by atoms with Crippen LogP contribution in [0.2, 0.25) is 0 Å². The Morgan fingerprint density at radius 2 is 1.65 bits per heavy atom. The van der Waals surface area contributed by atoms with Gasteiger partial charge in [0.15, 0.2) is 11.5 Å². The van der Waals surface area contributed by atoms with E-state index in [2.05, 4.69) is 20.5 Å². The van der Waals surface area contributed by atoms with Crippen LogP contribution in [0, 0.1) is 0 Å². The van der Waals surface area contributed by atoms with Crippen LogP contribution in [0.5, 0.6) is 23.0 Å². The topological polar surface area (TPSA) is 114 Å².